The fraction of sp³-hybridized carbons (Fsp3) is 0.400. The van der Waals surface area contributed by atoms with Gasteiger partial charge in [-0.1, -0.05) is 12.1 Å². The van der Waals surface area contributed by atoms with Crippen molar-refractivity contribution < 1.29 is 4.74 Å². The Hall–Kier alpha value is -1.81. The molecule has 1 unspecified atom stereocenters. The maximum absolute atomic E-state index is 6.12. The average molecular weight is 259 g/mol. The Morgan fingerprint density at radius 2 is 2.26 bits per heavy atom. The second-order valence-electron chi connectivity index (χ2n) is 4.69. The number of nitrogens with zero attached hydrogens (tertiary/aromatic N) is 2. The van der Waals surface area contributed by atoms with Gasteiger partial charge >= 0.3 is 0 Å². The summed E-state index contributed by atoms with van der Waals surface area (Å²) in [7, 11) is 0. The van der Waals surface area contributed by atoms with Gasteiger partial charge in [0.1, 0.15) is 5.75 Å². The molecule has 0 bridgehead atoms. The minimum atomic E-state index is -0.0230. The number of ether oxygens (including phenoxy) is 1. The molecule has 0 spiro atoms. The summed E-state index contributed by atoms with van der Waals surface area (Å²) in [4.78, 5) is 0. The summed E-state index contributed by atoms with van der Waals surface area (Å²) < 4.78 is 7.59. The zero-order chi connectivity index (χ0) is 13.7. The molecule has 0 saturated heterocycles. The number of aromatic nitrogens is 2. The lowest BCUT2D eigenvalue weighted by molar-refractivity contribution is 0.298. The summed E-state index contributed by atoms with van der Waals surface area (Å²) in [5.74, 6) is 0.899. The summed E-state index contributed by atoms with van der Waals surface area (Å²) in [6.07, 6.45) is 4.61. The molecule has 1 heterocycles. The van der Waals surface area contributed by atoms with E-state index in [1.54, 1.807) is 0 Å². The van der Waals surface area contributed by atoms with E-state index >= 15 is 0 Å². The highest BCUT2D eigenvalue weighted by Crippen LogP contribution is 2.16. The molecule has 2 N–H and O–H groups in total. The molecule has 2 aromatic rings. The predicted molar refractivity (Wildman–Crippen MR) is 76.1 cm³/mol. The van der Waals surface area contributed by atoms with Gasteiger partial charge in [0.2, 0.25) is 0 Å². The SMILES string of the molecule is CCn1cc(C(N)CCOc2cccc(C)c2)cn1. The molecular formula is C15H21N3O. The van der Waals surface area contributed by atoms with Crippen molar-refractivity contribution in [2.24, 2.45) is 5.73 Å². The van der Waals surface area contributed by atoms with E-state index in [0.717, 1.165) is 24.3 Å². The van der Waals surface area contributed by atoms with Crippen molar-refractivity contribution in [3.63, 3.8) is 0 Å². The maximum Gasteiger partial charge on any atom is 0.119 e. The van der Waals surface area contributed by atoms with Gasteiger partial charge < -0.3 is 10.5 Å². The Morgan fingerprint density at radius 1 is 1.42 bits per heavy atom. The molecule has 4 nitrogen and oxygen atoms in total. The monoisotopic (exact) mass is 259 g/mol. The fourth-order valence-corrected chi connectivity index (χ4v) is 1.92. The van der Waals surface area contributed by atoms with E-state index in [2.05, 4.69) is 25.0 Å². The number of hydrogen-bond donors (Lipinski definition) is 1. The smallest absolute Gasteiger partial charge is 0.119 e. The number of aryl methyl sites for hydroxylation is 2. The first-order chi connectivity index (χ1) is 9.19. The Labute approximate surface area is 114 Å². The number of hydrogen-bond acceptors (Lipinski definition) is 3. The third-order valence-corrected chi connectivity index (χ3v) is 3.09. The Kier molecular flexibility index (Phi) is 4.58. The predicted octanol–water partition coefficient (Wildman–Crippen LogP) is 2.68. The van der Waals surface area contributed by atoms with Gasteiger partial charge in [0.15, 0.2) is 0 Å². The molecule has 0 amide bonds. The van der Waals surface area contributed by atoms with Crippen molar-refractivity contribution in [1.29, 1.82) is 0 Å². The number of rotatable bonds is 6. The first-order valence-electron chi connectivity index (χ1n) is 6.66. The molecule has 1 aromatic heterocycles. The lowest BCUT2D eigenvalue weighted by Crippen LogP contribution is -2.13. The molecule has 0 aliphatic heterocycles. The summed E-state index contributed by atoms with van der Waals surface area (Å²) >= 11 is 0. The normalized spacial score (nSPS) is 12.4. The topological polar surface area (TPSA) is 53.1 Å². The van der Waals surface area contributed by atoms with Crippen molar-refractivity contribution in [2.75, 3.05) is 6.61 Å². The highest BCUT2D eigenvalue weighted by Gasteiger charge is 2.08. The van der Waals surface area contributed by atoms with Crippen LogP contribution in [0.1, 0.15) is 30.5 Å². The molecule has 1 aromatic carbocycles. The van der Waals surface area contributed by atoms with Gasteiger partial charge in [-0.15, -0.1) is 0 Å². The third kappa shape index (κ3) is 3.83. The lowest BCUT2D eigenvalue weighted by atomic mass is 10.1. The first kappa shape index (κ1) is 13.6. The fourth-order valence-electron chi connectivity index (χ4n) is 1.92. The molecule has 1 atom stereocenters. The van der Waals surface area contributed by atoms with Crippen LogP contribution in [0.2, 0.25) is 0 Å². The molecule has 0 fully saturated rings. The zero-order valence-corrected chi connectivity index (χ0v) is 11.5. The minimum absolute atomic E-state index is 0.0230. The van der Waals surface area contributed by atoms with Gasteiger partial charge in [-0.3, -0.25) is 4.68 Å². The maximum atomic E-state index is 6.12. The zero-order valence-electron chi connectivity index (χ0n) is 11.5. The van der Waals surface area contributed by atoms with Crippen molar-refractivity contribution >= 4 is 0 Å². The number of benzene rings is 1. The van der Waals surface area contributed by atoms with E-state index in [9.17, 15) is 0 Å². The molecule has 0 aliphatic rings. The summed E-state index contributed by atoms with van der Waals surface area (Å²) in [6, 6.07) is 8.02. The molecule has 2 rings (SSSR count). The van der Waals surface area contributed by atoms with E-state index in [1.807, 2.05) is 35.3 Å². The summed E-state index contributed by atoms with van der Waals surface area (Å²) in [5.41, 5.74) is 8.39. The third-order valence-electron chi connectivity index (χ3n) is 3.09. The van der Waals surface area contributed by atoms with Gasteiger partial charge in [-0.25, -0.2) is 0 Å². The average Bonchev–Trinajstić information content (AvgIpc) is 2.87. The Balaban J connectivity index is 1.82. The van der Waals surface area contributed by atoms with Crippen LogP contribution in [0.3, 0.4) is 0 Å². The Morgan fingerprint density at radius 3 is 2.95 bits per heavy atom. The molecule has 0 aliphatic carbocycles. The summed E-state index contributed by atoms with van der Waals surface area (Å²) in [6.45, 7) is 5.59. The van der Waals surface area contributed by atoms with Crippen LogP contribution in [0.15, 0.2) is 36.7 Å². The standard InChI is InChI=1S/C15H21N3O/c1-3-18-11-13(10-17-18)15(16)7-8-19-14-6-4-5-12(2)9-14/h4-6,9-11,15H,3,7-8,16H2,1-2H3. The van der Waals surface area contributed by atoms with Gasteiger partial charge in [-0.2, -0.15) is 5.10 Å². The van der Waals surface area contributed by atoms with Crippen molar-refractivity contribution in [1.82, 2.24) is 9.78 Å². The highest BCUT2D eigenvalue weighted by molar-refractivity contribution is 5.27. The van der Waals surface area contributed by atoms with E-state index in [4.69, 9.17) is 10.5 Å². The van der Waals surface area contributed by atoms with Crippen LogP contribution in [0.4, 0.5) is 0 Å². The van der Waals surface area contributed by atoms with Crippen LogP contribution in [0.25, 0.3) is 0 Å². The van der Waals surface area contributed by atoms with Crippen LogP contribution in [-0.2, 0) is 6.54 Å². The first-order valence-corrected chi connectivity index (χ1v) is 6.66. The quantitative estimate of drug-likeness (QED) is 0.867. The van der Waals surface area contributed by atoms with Crippen LogP contribution in [-0.4, -0.2) is 16.4 Å². The van der Waals surface area contributed by atoms with Crippen LogP contribution < -0.4 is 10.5 Å². The van der Waals surface area contributed by atoms with Crippen LogP contribution in [0.5, 0.6) is 5.75 Å². The second-order valence-corrected chi connectivity index (χ2v) is 4.69. The van der Waals surface area contributed by atoms with Crippen molar-refractivity contribution in [2.45, 2.75) is 32.9 Å². The molecular weight excluding hydrogens is 238 g/mol. The molecule has 4 heteroatoms. The second kappa shape index (κ2) is 6.38. The summed E-state index contributed by atoms with van der Waals surface area (Å²) in [5, 5.41) is 4.23. The van der Waals surface area contributed by atoms with E-state index < -0.39 is 0 Å². The van der Waals surface area contributed by atoms with Crippen LogP contribution >= 0.6 is 0 Å². The van der Waals surface area contributed by atoms with Gasteiger partial charge in [-0.05, 0) is 31.5 Å². The molecule has 0 radical (unpaired) electrons. The van der Waals surface area contributed by atoms with Crippen molar-refractivity contribution in [3.8, 4) is 5.75 Å². The molecule has 0 saturated carbocycles. The van der Waals surface area contributed by atoms with Gasteiger partial charge in [0.25, 0.3) is 0 Å². The number of nitrogens with two attached hydrogens (primary N) is 1. The van der Waals surface area contributed by atoms with Crippen molar-refractivity contribution in [3.05, 3.63) is 47.8 Å². The molecule has 102 valence electrons. The minimum Gasteiger partial charge on any atom is -0.494 e. The van der Waals surface area contributed by atoms with E-state index in [1.165, 1.54) is 5.56 Å². The molecule has 19 heavy (non-hydrogen) atoms. The highest BCUT2D eigenvalue weighted by atomic mass is 16.5. The lowest BCUT2D eigenvalue weighted by Gasteiger charge is -2.11. The van der Waals surface area contributed by atoms with Gasteiger partial charge in [0, 0.05) is 30.8 Å². The van der Waals surface area contributed by atoms with Gasteiger partial charge in [0.05, 0.1) is 12.8 Å². The Bertz CT molecular complexity index is 522. The largest absolute Gasteiger partial charge is 0.494 e. The van der Waals surface area contributed by atoms with E-state index in [-0.39, 0.29) is 6.04 Å². The van der Waals surface area contributed by atoms with Crippen LogP contribution in [0, 0.1) is 6.92 Å². The van der Waals surface area contributed by atoms with E-state index in [0.29, 0.717) is 6.61 Å².